The van der Waals surface area contributed by atoms with E-state index in [9.17, 15) is 0 Å². The third-order valence-electron chi connectivity index (χ3n) is 3.07. The third-order valence-corrected chi connectivity index (χ3v) is 3.36. The molecule has 0 saturated heterocycles. The van der Waals surface area contributed by atoms with E-state index in [1.807, 2.05) is 19.2 Å². The zero-order valence-electron chi connectivity index (χ0n) is 11.8. The van der Waals surface area contributed by atoms with E-state index >= 15 is 0 Å². The van der Waals surface area contributed by atoms with Gasteiger partial charge in [0.2, 0.25) is 0 Å². The average Bonchev–Trinajstić information content (AvgIpc) is 2.85. The number of aryl methyl sites for hydroxylation is 1. The lowest BCUT2D eigenvalue weighted by molar-refractivity contribution is 0.404. The number of ether oxygens (including phenoxy) is 2. The first-order chi connectivity index (χ1) is 9.65. The van der Waals surface area contributed by atoms with E-state index in [2.05, 4.69) is 14.9 Å². The lowest BCUT2D eigenvalue weighted by Gasteiger charge is -2.14. The molecule has 0 aliphatic rings. The van der Waals surface area contributed by atoms with Crippen molar-refractivity contribution < 1.29 is 9.47 Å². The van der Waals surface area contributed by atoms with E-state index in [1.54, 1.807) is 26.5 Å². The molecule has 0 saturated carbocycles. The fourth-order valence-corrected chi connectivity index (χ4v) is 2.18. The van der Waals surface area contributed by atoms with Gasteiger partial charge in [0, 0.05) is 37.6 Å². The summed E-state index contributed by atoms with van der Waals surface area (Å²) in [6, 6.07) is 3.58. The van der Waals surface area contributed by atoms with Gasteiger partial charge in [0.25, 0.3) is 0 Å². The molecule has 0 unspecified atom stereocenters. The molecule has 5 nitrogen and oxygen atoms in total. The van der Waals surface area contributed by atoms with Crippen LogP contribution in [-0.4, -0.2) is 30.3 Å². The number of anilines is 1. The number of rotatable bonds is 6. The number of benzene rings is 1. The van der Waals surface area contributed by atoms with Crippen molar-refractivity contribution >= 4 is 17.3 Å². The van der Waals surface area contributed by atoms with Crippen LogP contribution in [0.2, 0.25) is 5.02 Å². The first kappa shape index (κ1) is 14.5. The molecule has 0 amide bonds. The van der Waals surface area contributed by atoms with Gasteiger partial charge >= 0.3 is 0 Å². The van der Waals surface area contributed by atoms with Gasteiger partial charge in [-0.25, -0.2) is 4.98 Å². The maximum atomic E-state index is 6.07. The van der Waals surface area contributed by atoms with Gasteiger partial charge in [0.05, 0.1) is 24.9 Å². The van der Waals surface area contributed by atoms with E-state index in [0.29, 0.717) is 16.5 Å². The molecule has 0 fully saturated rings. The Hall–Kier alpha value is -1.88. The predicted molar refractivity (Wildman–Crippen MR) is 80.0 cm³/mol. The van der Waals surface area contributed by atoms with Gasteiger partial charge < -0.3 is 19.4 Å². The average molecular weight is 296 g/mol. The summed E-state index contributed by atoms with van der Waals surface area (Å²) in [4.78, 5) is 4.19. The first-order valence-electron chi connectivity index (χ1n) is 6.29. The summed E-state index contributed by atoms with van der Waals surface area (Å²) in [5.41, 5.74) is 0.853. The Kier molecular flexibility index (Phi) is 4.74. The fraction of sp³-hybridized carbons (Fsp3) is 0.357. The number of aromatic nitrogens is 2. The second kappa shape index (κ2) is 6.52. The maximum absolute atomic E-state index is 6.07. The van der Waals surface area contributed by atoms with Gasteiger partial charge in [-0.05, 0) is 6.92 Å². The van der Waals surface area contributed by atoms with E-state index in [-0.39, 0.29) is 0 Å². The normalized spacial score (nSPS) is 10.4. The van der Waals surface area contributed by atoms with Crippen molar-refractivity contribution in [2.24, 2.45) is 0 Å². The van der Waals surface area contributed by atoms with Gasteiger partial charge in [-0.1, -0.05) is 11.6 Å². The molecule has 1 aromatic carbocycles. The Morgan fingerprint density at radius 3 is 2.60 bits per heavy atom. The molecule has 0 aliphatic carbocycles. The Morgan fingerprint density at radius 2 is 2.00 bits per heavy atom. The number of imidazole rings is 1. The molecule has 6 heteroatoms. The summed E-state index contributed by atoms with van der Waals surface area (Å²) >= 11 is 6.07. The molecule has 1 aromatic heterocycles. The summed E-state index contributed by atoms with van der Waals surface area (Å²) in [6.07, 6.45) is 3.75. The summed E-state index contributed by atoms with van der Waals surface area (Å²) < 4.78 is 12.6. The highest BCUT2D eigenvalue weighted by atomic mass is 35.5. The number of hydrogen-bond acceptors (Lipinski definition) is 4. The van der Waals surface area contributed by atoms with Crippen LogP contribution < -0.4 is 14.8 Å². The van der Waals surface area contributed by atoms with Crippen LogP contribution >= 0.6 is 11.6 Å². The molecule has 1 heterocycles. The van der Waals surface area contributed by atoms with Crippen LogP contribution in [0.1, 0.15) is 5.82 Å². The molecule has 0 spiro atoms. The zero-order chi connectivity index (χ0) is 14.5. The Balaban J connectivity index is 2.06. The molecule has 1 N–H and O–H groups in total. The fourth-order valence-electron chi connectivity index (χ4n) is 1.95. The van der Waals surface area contributed by atoms with Crippen molar-refractivity contribution in [3.05, 3.63) is 35.4 Å². The molecule has 108 valence electrons. The predicted octanol–water partition coefficient (Wildman–Crippen LogP) is 2.97. The SMILES string of the molecule is COc1cc(NCCn2ccnc2C)c(OC)cc1Cl. The number of halogens is 1. The molecule has 0 radical (unpaired) electrons. The minimum atomic E-state index is 0.528. The van der Waals surface area contributed by atoms with Gasteiger partial charge in [0.1, 0.15) is 17.3 Å². The van der Waals surface area contributed by atoms with Crippen LogP contribution in [0.5, 0.6) is 11.5 Å². The molecular formula is C14H18ClN3O2. The minimum Gasteiger partial charge on any atom is -0.495 e. The summed E-state index contributed by atoms with van der Waals surface area (Å²) in [5, 5.41) is 3.85. The Labute approximate surface area is 123 Å². The van der Waals surface area contributed by atoms with Gasteiger partial charge in [-0.15, -0.1) is 0 Å². The van der Waals surface area contributed by atoms with Crippen LogP contribution in [0.15, 0.2) is 24.5 Å². The van der Waals surface area contributed by atoms with Crippen molar-refractivity contribution in [2.75, 3.05) is 26.1 Å². The van der Waals surface area contributed by atoms with Crippen molar-refractivity contribution in [3.63, 3.8) is 0 Å². The summed E-state index contributed by atoms with van der Waals surface area (Å²) in [7, 11) is 3.20. The van der Waals surface area contributed by atoms with Crippen molar-refractivity contribution in [3.8, 4) is 11.5 Å². The van der Waals surface area contributed by atoms with Gasteiger partial charge in [-0.3, -0.25) is 0 Å². The monoisotopic (exact) mass is 295 g/mol. The topological polar surface area (TPSA) is 48.3 Å². The highest BCUT2D eigenvalue weighted by Gasteiger charge is 2.09. The van der Waals surface area contributed by atoms with E-state index in [0.717, 1.165) is 24.6 Å². The smallest absolute Gasteiger partial charge is 0.143 e. The molecule has 0 bridgehead atoms. The quantitative estimate of drug-likeness (QED) is 0.890. The number of methoxy groups -OCH3 is 2. The lowest BCUT2D eigenvalue weighted by Crippen LogP contribution is -2.11. The number of nitrogens with one attached hydrogen (secondary N) is 1. The standard InChI is InChI=1S/C14H18ClN3O2/c1-10-16-4-6-18(10)7-5-17-12-9-13(19-2)11(15)8-14(12)20-3/h4,6,8-9,17H,5,7H2,1-3H3. The van der Waals surface area contributed by atoms with Crippen LogP contribution in [0, 0.1) is 6.92 Å². The highest BCUT2D eigenvalue weighted by Crippen LogP contribution is 2.35. The third kappa shape index (κ3) is 3.17. The van der Waals surface area contributed by atoms with Gasteiger partial charge in [-0.2, -0.15) is 0 Å². The van der Waals surface area contributed by atoms with E-state index < -0.39 is 0 Å². The summed E-state index contributed by atoms with van der Waals surface area (Å²) in [6.45, 7) is 3.55. The van der Waals surface area contributed by atoms with Crippen LogP contribution in [0.25, 0.3) is 0 Å². The number of hydrogen-bond donors (Lipinski definition) is 1. The van der Waals surface area contributed by atoms with Crippen molar-refractivity contribution in [2.45, 2.75) is 13.5 Å². The van der Waals surface area contributed by atoms with Crippen LogP contribution in [0.4, 0.5) is 5.69 Å². The molecule has 2 aromatic rings. The van der Waals surface area contributed by atoms with E-state index in [4.69, 9.17) is 21.1 Å². The second-order valence-electron chi connectivity index (χ2n) is 4.28. The minimum absolute atomic E-state index is 0.528. The largest absolute Gasteiger partial charge is 0.495 e. The summed E-state index contributed by atoms with van der Waals surface area (Å²) in [5.74, 6) is 2.30. The highest BCUT2D eigenvalue weighted by molar-refractivity contribution is 6.32. The van der Waals surface area contributed by atoms with E-state index in [1.165, 1.54) is 0 Å². The van der Waals surface area contributed by atoms with Gasteiger partial charge in [0.15, 0.2) is 0 Å². The molecule has 20 heavy (non-hydrogen) atoms. The number of nitrogens with zero attached hydrogens (tertiary/aromatic N) is 2. The Morgan fingerprint density at radius 1 is 1.25 bits per heavy atom. The second-order valence-corrected chi connectivity index (χ2v) is 4.69. The molecule has 2 rings (SSSR count). The Bertz CT molecular complexity index is 584. The lowest BCUT2D eigenvalue weighted by atomic mass is 10.2. The van der Waals surface area contributed by atoms with Crippen LogP contribution in [0.3, 0.4) is 0 Å². The molecule has 0 aliphatic heterocycles. The van der Waals surface area contributed by atoms with Crippen molar-refractivity contribution in [1.29, 1.82) is 0 Å². The molecule has 0 atom stereocenters. The van der Waals surface area contributed by atoms with Crippen molar-refractivity contribution in [1.82, 2.24) is 9.55 Å². The molecular weight excluding hydrogens is 278 g/mol. The first-order valence-corrected chi connectivity index (χ1v) is 6.66. The maximum Gasteiger partial charge on any atom is 0.143 e. The zero-order valence-corrected chi connectivity index (χ0v) is 12.6. The van der Waals surface area contributed by atoms with Crippen LogP contribution in [-0.2, 0) is 6.54 Å².